The summed E-state index contributed by atoms with van der Waals surface area (Å²) in [6, 6.07) is 12.2. The van der Waals surface area contributed by atoms with E-state index in [9.17, 15) is 9.59 Å². The van der Waals surface area contributed by atoms with Crippen LogP contribution >= 0.6 is 11.8 Å². The highest BCUT2D eigenvalue weighted by atomic mass is 79.9. The van der Waals surface area contributed by atoms with Crippen LogP contribution in [-0.2, 0) is 9.59 Å². The van der Waals surface area contributed by atoms with Gasteiger partial charge in [0.25, 0.3) is 0 Å². The van der Waals surface area contributed by atoms with Crippen LogP contribution in [0.25, 0.3) is 0 Å². The van der Waals surface area contributed by atoms with Gasteiger partial charge in [-0.15, -0.1) is 0 Å². The third-order valence-corrected chi connectivity index (χ3v) is 8.90. The van der Waals surface area contributed by atoms with Crippen molar-refractivity contribution >= 4 is 22.8 Å². The van der Waals surface area contributed by atoms with E-state index in [4.69, 9.17) is 4.74 Å². The van der Waals surface area contributed by atoms with Gasteiger partial charge in [0.15, 0.2) is 11.7 Å². The maximum atomic E-state index is 13.0. The molecule has 2 aromatic rings. The van der Waals surface area contributed by atoms with Crippen molar-refractivity contribution < 1.29 is 35.8 Å². The van der Waals surface area contributed by atoms with E-state index in [1.165, 1.54) is 48.6 Å². The third kappa shape index (κ3) is 12.5. The van der Waals surface area contributed by atoms with Crippen LogP contribution in [0.2, 0.25) is 0 Å². The summed E-state index contributed by atoms with van der Waals surface area (Å²) in [5.41, 5.74) is 4.40. The number of thioether (sulfide) groups is 1. The number of unbranched alkanes of at least 4 members (excludes halogenated alkanes) is 6. The van der Waals surface area contributed by atoms with Crippen molar-refractivity contribution in [3.8, 4) is 5.75 Å². The van der Waals surface area contributed by atoms with Gasteiger partial charge in [-0.25, -0.2) is 4.79 Å². The van der Waals surface area contributed by atoms with Crippen LogP contribution in [-0.4, -0.2) is 41.7 Å². The summed E-state index contributed by atoms with van der Waals surface area (Å²) >= 11 is 1.41. The fourth-order valence-electron chi connectivity index (χ4n) is 5.63. The van der Waals surface area contributed by atoms with Gasteiger partial charge in [-0.05, 0) is 82.1 Å². The predicted molar refractivity (Wildman–Crippen MR) is 166 cm³/mol. The normalized spacial score (nSPS) is 11.2. The summed E-state index contributed by atoms with van der Waals surface area (Å²) in [4.78, 5) is 26.6. The molecule has 0 N–H and O–H groups in total. The topological polar surface area (TPSA) is 43.4 Å². The summed E-state index contributed by atoms with van der Waals surface area (Å²) in [5, 5.41) is 0.282. The molecule has 0 spiro atoms. The number of rotatable bonds is 18. The minimum Gasteiger partial charge on any atom is -1.00 e. The smallest absolute Gasteiger partial charge is 0.367 e. The molecule has 0 atom stereocenters. The molecule has 6 heteroatoms. The highest BCUT2D eigenvalue weighted by Gasteiger charge is 2.30. The summed E-state index contributed by atoms with van der Waals surface area (Å²) in [5.74, 6) is 0.610. The van der Waals surface area contributed by atoms with Gasteiger partial charge in [0.2, 0.25) is 0 Å². The number of nitrogens with zero attached hydrogens (tertiary/aromatic N) is 1. The van der Waals surface area contributed by atoms with Gasteiger partial charge in [0, 0.05) is 11.3 Å². The Labute approximate surface area is 259 Å². The molecule has 0 aliphatic rings. The van der Waals surface area contributed by atoms with Gasteiger partial charge in [-0.1, -0.05) is 87.7 Å². The number of halogens is 1. The molecule has 4 nitrogen and oxygen atoms in total. The van der Waals surface area contributed by atoms with E-state index in [2.05, 4.69) is 39.8 Å². The van der Waals surface area contributed by atoms with Crippen LogP contribution in [0.5, 0.6) is 5.75 Å². The molecule has 0 bridgehead atoms. The number of aryl methyl sites for hydroxylation is 4. The molecular weight excluding hydrogens is 582 g/mol. The number of carbonyl (C=O) groups excluding carboxylic acids is 2. The fourth-order valence-corrected chi connectivity index (χ4v) is 6.56. The molecule has 0 saturated carbocycles. The molecule has 0 unspecified atom stereocenters. The van der Waals surface area contributed by atoms with E-state index in [-0.39, 0.29) is 28.1 Å². The van der Waals surface area contributed by atoms with E-state index in [1.807, 2.05) is 38.1 Å². The first-order valence-corrected chi connectivity index (χ1v) is 15.9. The summed E-state index contributed by atoms with van der Waals surface area (Å²) < 4.78 is 6.72. The first kappa shape index (κ1) is 36.4. The predicted octanol–water partition coefficient (Wildman–Crippen LogP) is 5.91. The molecule has 0 aliphatic heterocycles. The van der Waals surface area contributed by atoms with Crippen molar-refractivity contribution in [2.45, 2.75) is 111 Å². The van der Waals surface area contributed by atoms with Crippen LogP contribution in [0.3, 0.4) is 0 Å². The van der Waals surface area contributed by atoms with Crippen molar-refractivity contribution in [1.82, 2.24) is 0 Å². The first-order chi connectivity index (χ1) is 18.7. The molecule has 0 aliphatic carbocycles. The molecule has 2 rings (SSSR count). The molecule has 0 saturated heterocycles. The Morgan fingerprint density at radius 3 is 1.70 bits per heavy atom. The van der Waals surface area contributed by atoms with Crippen LogP contribution in [0, 0.1) is 27.7 Å². The lowest BCUT2D eigenvalue weighted by atomic mass is 10.1. The van der Waals surface area contributed by atoms with Crippen LogP contribution < -0.4 is 21.7 Å². The van der Waals surface area contributed by atoms with Gasteiger partial charge in [0.05, 0.1) is 19.6 Å². The monoisotopic (exact) mass is 633 g/mol. The largest absolute Gasteiger partial charge is 1.00 e. The number of hydrogen-bond acceptors (Lipinski definition) is 4. The highest BCUT2D eigenvalue weighted by Crippen LogP contribution is 2.28. The summed E-state index contributed by atoms with van der Waals surface area (Å²) in [6.45, 7) is 16.1. The molecule has 0 amide bonds. The molecule has 0 aromatic heterocycles. The molecule has 224 valence electrons. The average Bonchev–Trinajstić information content (AvgIpc) is 2.88. The van der Waals surface area contributed by atoms with Gasteiger partial charge in [0.1, 0.15) is 5.75 Å². The van der Waals surface area contributed by atoms with E-state index in [0.29, 0.717) is 13.0 Å². The molecule has 0 heterocycles. The maximum absolute atomic E-state index is 13.0. The second kappa shape index (κ2) is 19.5. The zero-order valence-electron chi connectivity index (χ0n) is 25.8. The van der Waals surface area contributed by atoms with Gasteiger partial charge >= 0.3 is 5.97 Å². The lowest BCUT2D eigenvalue weighted by Gasteiger charge is -2.37. The lowest BCUT2D eigenvalue weighted by molar-refractivity contribution is -0.921. The number of hydrogen-bond donors (Lipinski definition) is 0. The van der Waals surface area contributed by atoms with E-state index < -0.39 is 0 Å². The van der Waals surface area contributed by atoms with E-state index >= 15 is 0 Å². The Hall–Kier alpha value is -1.63. The van der Waals surface area contributed by atoms with E-state index in [0.717, 1.165) is 78.0 Å². The van der Waals surface area contributed by atoms with Crippen molar-refractivity contribution in [1.29, 1.82) is 0 Å². The standard InChI is InChI=1S/C34H52NO3S.BrH/c1-7-23-35(24-8-2,26-31(36)38-33-27(3)18-16-19-28(33)4)25-15-13-11-9-10-12-14-22-32(37)39-34-29(5)20-17-21-30(34)6;/h16-21H,7-15,22-26H2,1-6H3;1H/q+1;/p-1. The van der Waals surface area contributed by atoms with Gasteiger partial charge in [-0.3, -0.25) is 4.79 Å². The van der Waals surface area contributed by atoms with Crippen molar-refractivity contribution in [2.24, 2.45) is 0 Å². The Morgan fingerprint density at radius 2 is 1.18 bits per heavy atom. The number of quaternary nitrogens is 1. The Morgan fingerprint density at radius 1 is 0.700 bits per heavy atom. The number of para-hydroxylation sites is 1. The van der Waals surface area contributed by atoms with Gasteiger partial charge in [-0.2, -0.15) is 0 Å². The first-order valence-electron chi connectivity index (χ1n) is 15.1. The van der Waals surface area contributed by atoms with Crippen molar-refractivity contribution in [3.05, 3.63) is 58.7 Å². The zero-order chi connectivity index (χ0) is 28.7. The van der Waals surface area contributed by atoms with Crippen LogP contribution in [0.4, 0.5) is 0 Å². The average molecular weight is 635 g/mol. The SMILES string of the molecule is CCC[N+](CCC)(CCCCCCCCCC(=O)Sc1c(C)cccc1C)CC(=O)Oc1c(C)cccc1C.[Br-]. The lowest BCUT2D eigenvalue weighted by Crippen LogP contribution is -3.00. The quantitative estimate of drug-likeness (QED) is 0.0673. The maximum Gasteiger partial charge on any atom is 0.367 e. The summed E-state index contributed by atoms with van der Waals surface area (Å²) in [6.07, 6.45) is 10.8. The second-order valence-corrected chi connectivity index (χ2v) is 12.4. The van der Waals surface area contributed by atoms with E-state index in [1.54, 1.807) is 0 Å². The molecule has 2 aromatic carbocycles. The number of carbonyl (C=O) groups is 2. The van der Waals surface area contributed by atoms with Crippen LogP contribution in [0.1, 0.15) is 100 Å². The minimum atomic E-state index is -0.111. The zero-order valence-corrected chi connectivity index (χ0v) is 28.2. The third-order valence-electron chi connectivity index (χ3n) is 7.62. The summed E-state index contributed by atoms with van der Waals surface area (Å²) in [7, 11) is 0. The highest BCUT2D eigenvalue weighted by molar-refractivity contribution is 8.13. The number of esters is 1. The molecule has 40 heavy (non-hydrogen) atoms. The molecule has 0 radical (unpaired) electrons. The molecular formula is C34H52BrNO3S. The van der Waals surface area contributed by atoms with Crippen LogP contribution in [0.15, 0.2) is 41.3 Å². The number of benzene rings is 2. The van der Waals surface area contributed by atoms with Crippen molar-refractivity contribution in [3.63, 3.8) is 0 Å². The molecule has 0 fully saturated rings. The number of ether oxygens (including phenoxy) is 1. The Bertz CT molecular complexity index is 1010. The Kier molecular flexibility index (Phi) is 17.7. The van der Waals surface area contributed by atoms with Gasteiger partial charge < -0.3 is 26.2 Å². The van der Waals surface area contributed by atoms with Crippen molar-refractivity contribution in [2.75, 3.05) is 26.2 Å². The fraction of sp³-hybridized carbons (Fsp3) is 0.588. The minimum absolute atomic E-state index is 0. The second-order valence-electron chi connectivity index (χ2n) is 11.3. The Balaban J connectivity index is 0.00000800.